The van der Waals surface area contributed by atoms with Crippen molar-refractivity contribution in [2.45, 2.75) is 25.8 Å². The predicted octanol–water partition coefficient (Wildman–Crippen LogP) is 3.91. The van der Waals surface area contributed by atoms with Crippen LogP contribution in [-0.4, -0.2) is 7.05 Å². The molecule has 0 amide bonds. The van der Waals surface area contributed by atoms with Gasteiger partial charge in [-0.3, -0.25) is 0 Å². The lowest BCUT2D eigenvalue weighted by Crippen LogP contribution is -2.16. The molecule has 0 aliphatic rings. The highest BCUT2D eigenvalue weighted by Crippen LogP contribution is 2.22. The van der Waals surface area contributed by atoms with E-state index in [9.17, 15) is 0 Å². The van der Waals surface area contributed by atoms with E-state index in [0.717, 1.165) is 12.8 Å². The molecule has 1 atom stereocenters. The van der Waals surface area contributed by atoms with Crippen LogP contribution in [0.5, 0.6) is 0 Å². The van der Waals surface area contributed by atoms with Crippen molar-refractivity contribution in [3.8, 4) is 0 Å². The zero-order chi connectivity index (χ0) is 11.3. The van der Waals surface area contributed by atoms with Crippen molar-refractivity contribution in [1.82, 2.24) is 5.32 Å². The molecule has 0 spiro atoms. The van der Waals surface area contributed by atoms with Gasteiger partial charge in [-0.1, -0.05) is 31.2 Å². The molecule has 0 aliphatic heterocycles. The van der Waals surface area contributed by atoms with Gasteiger partial charge in [0.05, 0.1) is 0 Å². The summed E-state index contributed by atoms with van der Waals surface area (Å²) in [4.78, 5) is 0. The molecular weight excluding hydrogens is 297 g/mol. The molecule has 0 saturated carbocycles. The standard InChI is InChI=1S/C13H18IN/c1-4-10(2)9-13(15-3)11-5-7-12(14)8-6-11/h5-8,13,15H,2,4,9H2,1,3H3. The van der Waals surface area contributed by atoms with Crippen LogP contribution in [0.3, 0.4) is 0 Å². The Morgan fingerprint density at radius 3 is 2.47 bits per heavy atom. The Balaban J connectivity index is 2.74. The van der Waals surface area contributed by atoms with E-state index >= 15 is 0 Å². The van der Waals surface area contributed by atoms with Crippen molar-refractivity contribution >= 4 is 22.6 Å². The third kappa shape index (κ3) is 3.95. The number of hydrogen-bond donors (Lipinski definition) is 1. The number of nitrogens with one attached hydrogen (secondary N) is 1. The smallest absolute Gasteiger partial charge is 0.0355 e. The van der Waals surface area contributed by atoms with E-state index < -0.39 is 0 Å². The van der Waals surface area contributed by atoms with E-state index in [2.05, 4.69) is 65.7 Å². The molecular formula is C13H18IN. The van der Waals surface area contributed by atoms with Gasteiger partial charge in [-0.05, 0) is 60.2 Å². The van der Waals surface area contributed by atoms with Crippen molar-refractivity contribution < 1.29 is 0 Å². The van der Waals surface area contributed by atoms with Crippen molar-refractivity contribution in [2.75, 3.05) is 7.05 Å². The number of rotatable bonds is 5. The van der Waals surface area contributed by atoms with Crippen molar-refractivity contribution in [3.05, 3.63) is 45.6 Å². The molecule has 1 N–H and O–H groups in total. The summed E-state index contributed by atoms with van der Waals surface area (Å²) in [7, 11) is 2.01. The normalized spacial score (nSPS) is 12.5. The van der Waals surface area contributed by atoms with Gasteiger partial charge in [0, 0.05) is 9.61 Å². The second-order valence-corrected chi connectivity index (χ2v) is 4.95. The summed E-state index contributed by atoms with van der Waals surface area (Å²) in [6, 6.07) is 9.07. The van der Waals surface area contributed by atoms with Gasteiger partial charge in [-0.15, -0.1) is 0 Å². The van der Waals surface area contributed by atoms with Crippen molar-refractivity contribution in [1.29, 1.82) is 0 Å². The van der Waals surface area contributed by atoms with Gasteiger partial charge in [0.1, 0.15) is 0 Å². The number of hydrogen-bond acceptors (Lipinski definition) is 1. The van der Waals surface area contributed by atoms with Gasteiger partial charge in [0.2, 0.25) is 0 Å². The van der Waals surface area contributed by atoms with E-state index in [-0.39, 0.29) is 0 Å². The summed E-state index contributed by atoms with van der Waals surface area (Å²) in [5.74, 6) is 0. The maximum atomic E-state index is 4.06. The molecule has 0 radical (unpaired) electrons. The van der Waals surface area contributed by atoms with Gasteiger partial charge >= 0.3 is 0 Å². The van der Waals surface area contributed by atoms with Gasteiger partial charge in [-0.25, -0.2) is 0 Å². The fourth-order valence-corrected chi connectivity index (χ4v) is 1.87. The third-order valence-corrected chi connectivity index (χ3v) is 3.33. The van der Waals surface area contributed by atoms with Crippen LogP contribution in [-0.2, 0) is 0 Å². The first kappa shape index (κ1) is 12.7. The molecule has 0 bridgehead atoms. The molecule has 1 nitrogen and oxygen atoms in total. The molecule has 2 heteroatoms. The number of benzene rings is 1. The lowest BCUT2D eigenvalue weighted by molar-refractivity contribution is 0.582. The fourth-order valence-electron chi connectivity index (χ4n) is 1.51. The zero-order valence-electron chi connectivity index (χ0n) is 9.39. The SMILES string of the molecule is C=C(CC)CC(NC)c1ccc(I)cc1. The second-order valence-electron chi connectivity index (χ2n) is 3.70. The Labute approximate surface area is 106 Å². The minimum Gasteiger partial charge on any atom is -0.313 e. The minimum atomic E-state index is 0.398. The molecule has 82 valence electrons. The molecule has 1 rings (SSSR count). The summed E-state index contributed by atoms with van der Waals surface area (Å²) < 4.78 is 1.28. The number of halogens is 1. The predicted molar refractivity (Wildman–Crippen MR) is 75.0 cm³/mol. The quantitative estimate of drug-likeness (QED) is 0.642. The van der Waals surface area contributed by atoms with Crippen molar-refractivity contribution in [2.24, 2.45) is 0 Å². The molecule has 0 fully saturated rings. The fraction of sp³-hybridized carbons (Fsp3) is 0.385. The minimum absolute atomic E-state index is 0.398. The molecule has 0 saturated heterocycles. The van der Waals surface area contributed by atoms with Crippen LogP contribution in [0.15, 0.2) is 36.4 Å². The molecule has 1 aromatic carbocycles. The van der Waals surface area contributed by atoms with Crippen LogP contribution < -0.4 is 5.32 Å². The molecule has 1 unspecified atom stereocenters. The van der Waals surface area contributed by atoms with Gasteiger partial charge in [0.15, 0.2) is 0 Å². The first-order chi connectivity index (χ1) is 7.17. The summed E-state index contributed by atoms with van der Waals surface area (Å²) in [5, 5.41) is 3.34. The molecule has 0 heterocycles. The Kier molecular flexibility index (Phi) is 5.32. The van der Waals surface area contributed by atoms with Crippen LogP contribution in [0, 0.1) is 3.57 Å². The lowest BCUT2D eigenvalue weighted by atomic mass is 9.99. The zero-order valence-corrected chi connectivity index (χ0v) is 11.5. The van der Waals surface area contributed by atoms with Crippen molar-refractivity contribution in [3.63, 3.8) is 0 Å². The largest absolute Gasteiger partial charge is 0.313 e. The van der Waals surface area contributed by atoms with E-state index in [1.54, 1.807) is 0 Å². The first-order valence-corrected chi connectivity index (χ1v) is 6.34. The lowest BCUT2D eigenvalue weighted by Gasteiger charge is -2.17. The van der Waals surface area contributed by atoms with E-state index in [1.165, 1.54) is 14.7 Å². The van der Waals surface area contributed by atoms with Gasteiger partial charge in [-0.2, -0.15) is 0 Å². The molecule has 0 aromatic heterocycles. The highest BCUT2D eigenvalue weighted by molar-refractivity contribution is 14.1. The maximum Gasteiger partial charge on any atom is 0.0355 e. The first-order valence-electron chi connectivity index (χ1n) is 5.26. The van der Waals surface area contributed by atoms with Crippen LogP contribution in [0.2, 0.25) is 0 Å². The van der Waals surface area contributed by atoms with Crippen LogP contribution in [0.4, 0.5) is 0 Å². The van der Waals surface area contributed by atoms with E-state index in [1.807, 2.05) is 7.05 Å². The molecule has 15 heavy (non-hydrogen) atoms. The molecule has 0 aliphatic carbocycles. The summed E-state index contributed by atoms with van der Waals surface area (Å²) in [6.45, 7) is 6.22. The maximum absolute atomic E-state index is 4.06. The summed E-state index contributed by atoms with van der Waals surface area (Å²) in [5.41, 5.74) is 2.64. The van der Waals surface area contributed by atoms with E-state index in [0.29, 0.717) is 6.04 Å². The summed E-state index contributed by atoms with van der Waals surface area (Å²) >= 11 is 2.33. The Morgan fingerprint density at radius 1 is 1.40 bits per heavy atom. The Hall–Kier alpha value is -0.350. The van der Waals surface area contributed by atoms with E-state index in [4.69, 9.17) is 0 Å². The average Bonchev–Trinajstić information content (AvgIpc) is 2.27. The molecule has 1 aromatic rings. The Bertz CT molecular complexity index is 316. The highest BCUT2D eigenvalue weighted by atomic mass is 127. The van der Waals surface area contributed by atoms with Gasteiger partial charge < -0.3 is 5.32 Å². The topological polar surface area (TPSA) is 12.0 Å². The third-order valence-electron chi connectivity index (χ3n) is 2.61. The Morgan fingerprint density at radius 2 is 2.00 bits per heavy atom. The van der Waals surface area contributed by atoms with Crippen LogP contribution >= 0.6 is 22.6 Å². The summed E-state index contributed by atoms with van der Waals surface area (Å²) in [6.07, 6.45) is 2.08. The van der Waals surface area contributed by atoms with Gasteiger partial charge in [0.25, 0.3) is 0 Å². The highest BCUT2D eigenvalue weighted by Gasteiger charge is 2.09. The second kappa shape index (κ2) is 6.28. The monoisotopic (exact) mass is 315 g/mol. The van der Waals surface area contributed by atoms with Crippen LogP contribution in [0.25, 0.3) is 0 Å². The average molecular weight is 315 g/mol. The van der Waals surface area contributed by atoms with Crippen LogP contribution in [0.1, 0.15) is 31.4 Å².